The molecule has 5 heteroatoms. The van der Waals surface area contributed by atoms with E-state index in [1.807, 2.05) is 25.4 Å². The van der Waals surface area contributed by atoms with Gasteiger partial charge in [-0.3, -0.25) is 4.68 Å². The second-order valence-electron chi connectivity index (χ2n) is 7.13. The zero-order valence-corrected chi connectivity index (χ0v) is 14.7. The molecule has 0 atom stereocenters. The molecule has 2 N–H and O–H groups in total. The van der Waals surface area contributed by atoms with Crippen LogP contribution >= 0.6 is 0 Å². The van der Waals surface area contributed by atoms with Crippen LogP contribution < -0.4 is 10.5 Å². The van der Waals surface area contributed by atoms with E-state index in [2.05, 4.69) is 50.3 Å². The van der Waals surface area contributed by atoms with Crippen LogP contribution in [0.5, 0.6) is 5.75 Å². The minimum atomic E-state index is -1.63. The molecule has 0 unspecified atom stereocenters. The van der Waals surface area contributed by atoms with Gasteiger partial charge in [-0.15, -0.1) is 0 Å². The summed E-state index contributed by atoms with van der Waals surface area (Å²) in [5.74, 6) is 0.293. The molecule has 21 heavy (non-hydrogen) atoms. The predicted octanol–water partition coefficient (Wildman–Crippen LogP) is 3.58. The maximum absolute atomic E-state index is 10.3. The predicted molar refractivity (Wildman–Crippen MR) is 91.4 cm³/mol. The molecule has 0 bridgehead atoms. The number of phenols is 1. The van der Waals surface area contributed by atoms with Crippen LogP contribution in [-0.2, 0) is 7.05 Å². The van der Waals surface area contributed by atoms with Gasteiger partial charge in [-0.05, 0) is 17.2 Å². The number of benzene rings is 1. The van der Waals surface area contributed by atoms with Crippen molar-refractivity contribution in [3.05, 3.63) is 30.6 Å². The molecule has 0 aliphatic carbocycles. The number of anilines is 2. The Morgan fingerprint density at radius 3 is 2.38 bits per heavy atom. The van der Waals surface area contributed by atoms with Crippen LogP contribution in [0.4, 0.5) is 11.4 Å². The van der Waals surface area contributed by atoms with Crippen LogP contribution in [0.1, 0.15) is 20.8 Å². The SMILES string of the molecule is Cn1cc(Nc2ccc([Si](C)(C)C(C)(C)C)cc2O)cn1. The van der Waals surface area contributed by atoms with Crippen molar-refractivity contribution < 1.29 is 5.11 Å². The first-order valence-corrected chi connectivity index (χ1v) is 10.2. The third-order valence-electron chi connectivity index (χ3n) is 4.58. The molecule has 1 aromatic heterocycles. The van der Waals surface area contributed by atoms with Gasteiger partial charge in [0.25, 0.3) is 0 Å². The van der Waals surface area contributed by atoms with E-state index in [1.165, 1.54) is 5.19 Å². The highest BCUT2D eigenvalue weighted by molar-refractivity contribution is 6.92. The normalized spacial score (nSPS) is 12.5. The van der Waals surface area contributed by atoms with Gasteiger partial charge in [0.05, 0.1) is 25.6 Å². The average molecular weight is 303 g/mol. The summed E-state index contributed by atoms with van der Waals surface area (Å²) in [5.41, 5.74) is 1.58. The van der Waals surface area contributed by atoms with Crippen molar-refractivity contribution >= 4 is 24.6 Å². The number of rotatable bonds is 3. The summed E-state index contributed by atoms with van der Waals surface area (Å²) in [6, 6.07) is 6.00. The van der Waals surface area contributed by atoms with Gasteiger partial charge >= 0.3 is 0 Å². The molecule has 114 valence electrons. The van der Waals surface area contributed by atoms with Crippen molar-refractivity contribution in [1.29, 1.82) is 0 Å². The number of hydrogen-bond acceptors (Lipinski definition) is 3. The minimum absolute atomic E-state index is 0.248. The first-order valence-electron chi connectivity index (χ1n) is 7.20. The van der Waals surface area contributed by atoms with Gasteiger partial charge in [0.2, 0.25) is 0 Å². The lowest BCUT2D eigenvalue weighted by molar-refractivity contribution is 0.478. The van der Waals surface area contributed by atoms with Crippen molar-refractivity contribution in [2.45, 2.75) is 38.9 Å². The largest absolute Gasteiger partial charge is 0.506 e. The Kier molecular flexibility index (Phi) is 3.89. The summed E-state index contributed by atoms with van der Waals surface area (Å²) in [6.07, 6.45) is 3.61. The van der Waals surface area contributed by atoms with E-state index in [1.54, 1.807) is 10.9 Å². The number of aromatic hydroxyl groups is 1. The molecule has 0 radical (unpaired) electrons. The van der Waals surface area contributed by atoms with E-state index in [-0.39, 0.29) is 5.04 Å². The lowest BCUT2D eigenvalue weighted by Gasteiger charge is -2.37. The van der Waals surface area contributed by atoms with E-state index in [0.717, 1.165) is 5.69 Å². The second-order valence-corrected chi connectivity index (χ2v) is 12.5. The van der Waals surface area contributed by atoms with Gasteiger partial charge in [0.15, 0.2) is 0 Å². The van der Waals surface area contributed by atoms with Crippen LogP contribution in [0.15, 0.2) is 30.6 Å². The monoisotopic (exact) mass is 303 g/mol. The summed E-state index contributed by atoms with van der Waals surface area (Å²) in [6.45, 7) is 11.5. The Morgan fingerprint density at radius 1 is 1.24 bits per heavy atom. The average Bonchev–Trinajstić information content (AvgIpc) is 2.76. The minimum Gasteiger partial charge on any atom is -0.506 e. The van der Waals surface area contributed by atoms with Gasteiger partial charge in [0.1, 0.15) is 5.75 Å². The van der Waals surface area contributed by atoms with Crippen molar-refractivity contribution in [1.82, 2.24) is 9.78 Å². The molecule has 2 rings (SSSR count). The van der Waals surface area contributed by atoms with Gasteiger partial charge < -0.3 is 10.4 Å². The third kappa shape index (κ3) is 3.13. The van der Waals surface area contributed by atoms with E-state index in [4.69, 9.17) is 0 Å². The summed E-state index contributed by atoms with van der Waals surface area (Å²) in [4.78, 5) is 0. The highest BCUT2D eigenvalue weighted by atomic mass is 28.3. The molecule has 0 saturated carbocycles. The van der Waals surface area contributed by atoms with E-state index >= 15 is 0 Å². The van der Waals surface area contributed by atoms with Gasteiger partial charge in [-0.1, -0.05) is 45.1 Å². The molecule has 4 nitrogen and oxygen atoms in total. The summed E-state index contributed by atoms with van der Waals surface area (Å²) >= 11 is 0. The van der Waals surface area contributed by atoms with Crippen LogP contribution in [0.25, 0.3) is 0 Å². The van der Waals surface area contributed by atoms with E-state index < -0.39 is 8.07 Å². The molecular weight excluding hydrogens is 278 g/mol. The number of aromatic nitrogens is 2. The molecule has 2 aromatic rings. The number of nitrogens with one attached hydrogen (secondary N) is 1. The highest BCUT2D eigenvalue weighted by Crippen LogP contribution is 2.37. The van der Waals surface area contributed by atoms with E-state index in [0.29, 0.717) is 11.4 Å². The van der Waals surface area contributed by atoms with Crippen LogP contribution in [0, 0.1) is 0 Å². The molecule has 0 amide bonds. The molecule has 0 saturated heterocycles. The molecule has 0 aliphatic rings. The molecule has 1 heterocycles. The van der Waals surface area contributed by atoms with Crippen molar-refractivity contribution in [2.75, 3.05) is 5.32 Å². The summed E-state index contributed by atoms with van der Waals surface area (Å²) in [7, 11) is 0.239. The number of hydrogen-bond donors (Lipinski definition) is 2. The first-order chi connectivity index (χ1) is 9.61. The maximum atomic E-state index is 10.3. The molecule has 0 aliphatic heterocycles. The Labute approximate surface area is 127 Å². The highest BCUT2D eigenvalue weighted by Gasteiger charge is 2.37. The fourth-order valence-electron chi connectivity index (χ4n) is 2.10. The van der Waals surface area contributed by atoms with Crippen molar-refractivity contribution in [3.63, 3.8) is 0 Å². The Balaban J connectivity index is 2.30. The second kappa shape index (κ2) is 5.22. The first kappa shape index (κ1) is 15.6. The van der Waals surface area contributed by atoms with Crippen LogP contribution in [0.3, 0.4) is 0 Å². The van der Waals surface area contributed by atoms with Gasteiger partial charge in [-0.25, -0.2) is 0 Å². The lowest BCUT2D eigenvalue weighted by Crippen LogP contribution is -2.49. The fourth-order valence-corrected chi connectivity index (χ4v) is 3.96. The topological polar surface area (TPSA) is 50.1 Å². The molecule has 1 aromatic carbocycles. The Hall–Kier alpha value is -1.75. The van der Waals surface area contributed by atoms with Crippen LogP contribution in [0.2, 0.25) is 18.1 Å². The summed E-state index contributed by atoms with van der Waals surface area (Å²) < 4.78 is 1.73. The quantitative estimate of drug-likeness (QED) is 0.673. The number of aryl methyl sites for hydroxylation is 1. The number of phenolic OH excluding ortho intramolecular Hbond substituents is 1. The smallest absolute Gasteiger partial charge is 0.138 e. The fraction of sp³-hybridized carbons (Fsp3) is 0.438. The summed E-state index contributed by atoms with van der Waals surface area (Å²) in [5, 5.41) is 19.1. The molecular formula is C16H25N3OSi. The third-order valence-corrected chi connectivity index (χ3v) is 10.1. The zero-order valence-electron chi connectivity index (χ0n) is 13.7. The number of nitrogens with zero attached hydrogens (tertiary/aromatic N) is 2. The lowest BCUT2D eigenvalue weighted by atomic mass is 10.2. The van der Waals surface area contributed by atoms with Gasteiger partial charge in [0, 0.05) is 13.2 Å². The molecule has 0 fully saturated rings. The standard InChI is InChI=1S/C16H25N3OSi/c1-16(2,3)21(5,6)13-7-8-14(15(20)9-13)18-12-10-17-19(4)11-12/h7-11,18,20H,1-6H3. The van der Waals surface area contributed by atoms with Gasteiger partial charge in [-0.2, -0.15) is 5.10 Å². The Bertz CT molecular complexity index is 641. The van der Waals surface area contributed by atoms with Crippen molar-refractivity contribution in [3.8, 4) is 5.75 Å². The van der Waals surface area contributed by atoms with E-state index in [9.17, 15) is 5.11 Å². The van der Waals surface area contributed by atoms with Crippen molar-refractivity contribution in [2.24, 2.45) is 7.05 Å². The molecule has 0 spiro atoms. The maximum Gasteiger partial charge on any atom is 0.138 e. The van der Waals surface area contributed by atoms with Crippen LogP contribution in [-0.4, -0.2) is 23.0 Å². The zero-order chi connectivity index (χ0) is 15.8. The Morgan fingerprint density at radius 2 is 1.90 bits per heavy atom.